The van der Waals surface area contributed by atoms with Gasteiger partial charge in [0.05, 0.1) is 12.2 Å². The van der Waals surface area contributed by atoms with Gasteiger partial charge in [-0.3, -0.25) is 4.79 Å². The average molecular weight is 346 g/mol. The van der Waals surface area contributed by atoms with Crippen LogP contribution in [0.5, 0.6) is 0 Å². The van der Waals surface area contributed by atoms with Gasteiger partial charge in [-0.25, -0.2) is 0 Å². The zero-order chi connectivity index (χ0) is 17.8. The lowest BCUT2D eigenvalue weighted by molar-refractivity contribution is -0.261. The molecule has 1 aliphatic heterocycles. The van der Waals surface area contributed by atoms with Crippen LogP contribution in [0.4, 0.5) is 0 Å². The molecule has 0 aromatic rings. The Kier molecular flexibility index (Phi) is 11.2. The molecule has 1 fully saturated rings. The van der Waals surface area contributed by atoms with Gasteiger partial charge in [-0.15, -0.1) is 0 Å². The van der Waals surface area contributed by atoms with E-state index < -0.39 is 24.5 Å². The molecule has 1 rings (SSSR count). The summed E-state index contributed by atoms with van der Waals surface area (Å²) in [6, 6.07) is 0. The first-order chi connectivity index (χ1) is 11.5. The number of aliphatic hydroxyl groups excluding tert-OH is 2. The van der Waals surface area contributed by atoms with Crippen molar-refractivity contribution in [3.63, 3.8) is 0 Å². The maximum absolute atomic E-state index is 10.4. The highest BCUT2D eigenvalue weighted by Gasteiger charge is 2.34. The van der Waals surface area contributed by atoms with Crippen molar-refractivity contribution >= 4 is 5.97 Å². The van der Waals surface area contributed by atoms with E-state index in [2.05, 4.69) is 0 Å². The van der Waals surface area contributed by atoms with E-state index in [-0.39, 0.29) is 12.5 Å². The van der Waals surface area contributed by atoms with Crippen LogP contribution in [0.1, 0.15) is 77.6 Å². The van der Waals surface area contributed by atoms with E-state index in [1.54, 1.807) is 6.92 Å². The normalized spacial score (nSPS) is 27.3. The number of hydrogen-bond donors (Lipinski definition) is 3. The molecular weight excluding hydrogens is 312 g/mol. The predicted molar refractivity (Wildman–Crippen MR) is 90.7 cm³/mol. The van der Waals surface area contributed by atoms with E-state index in [4.69, 9.17) is 14.6 Å². The van der Waals surface area contributed by atoms with Crippen LogP contribution in [0.2, 0.25) is 0 Å². The first-order valence-corrected chi connectivity index (χ1v) is 9.35. The Hall–Kier alpha value is -0.690. The molecule has 0 aromatic heterocycles. The Morgan fingerprint density at radius 3 is 2.08 bits per heavy atom. The smallest absolute Gasteiger partial charge is 0.303 e. The highest BCUT2D eigenvalue weighted by molar-refractivity contribution is 5.66. The molecule has 1 saturated heterocycles. The molecule has 0 saturated carbocycles. The number of aliphatic hydroxyl groups is 2. The van der Waals surface area contributed by atoms with Crippen LogP contribution >= 0.6 is 0 Å². The number of carbonyl (C=O) groups is 1. The molecule has 0 amide bonds. The van der Waals surface area contributed by atoms with Crippen molar-refractivity contribution in [2.45, 2.75) is 102 Å². The third-order valence-corrected chi connectivity index (χ3v) is 4.50. The Morgan fingerprint density at radius 2 is 1.50 bits per heavy atom. The number of carboxylic acid groups (broad SMARTS) is 1. The molecule has 24 heavy (non-hydrogen) atoms. The van der Waals surface area contributed by atoms with E-state index in [0.29, 0.717) is 13.0 Å². The van der Waals surface area contributed by atoms with E-state index in [1.165, 1.54) is 25.7 Å². The van der Waals surface area contributed by atoms with Gasteiger partial charge in [0.2, 0.25) is 0 Å². The minimum absolute atomic E-state index is 0.289. The van der Waals surface area contributed by atoms with Crippen LogP contribution in [0.25, 0.3) is 0 Å². The Bertz CT molecular complexity index is 335. The summed E-state index contributed by atoms with van der Waals surface area (Å²) >= 11 is 0. The molecule has 142 valence electrons. The van der Waals surface area contributed by atoms with Gasteiger partial charge in [-0.2, -0.15) is 0 Å². The monoisotopic (exact) mass is 346 g/mol. The Morgan fingerprint density at radius 1 is 0.958 bits per heavy atom. The zero-order valence-electron chi connectivity index (χ0n) is 14.9. The fourth-order valence-corrected chi connectivity index (χ4v) is 2.91. The number of aliphatic carboxylic acids is 1. The quantitative estimate of drug-likeness (QED) is 0.444. The molecule has 0 spiro atoms. The predicted octanol–water partition coefficient (Wildman–Crippen LogP) is 2.85. The van der Waals surface area contributed by atoms with E-state index >= 15 is 0 Å². The molecule has 1 heterocycles. The summed E-state index contributed by atoms with van der Waals surface area (Å²) in [7, 11) is 0. The molecule has 0 aromatic carbocycles. The molecule has 0 radical (unpaired) electrons. The Labute approximate surface area is 145 Å². The average Bonchev–Trinajstić information content (AvgIpc) is 2.52. The van der Waals surface area contributed by atoms with Crippen molar-refractivity contribution in [2.75, 3.05) is 6.61 Å². The van der Waals surface area contributed by atoms with Gasteiger partial charge in [-0.05, 0) is 19.8 Å². The molecule has 6 heteroatoms. The minimum atomic E-state index is -0.752. The summed E-state index contributed by atoms with van der Waals surface area (Å²) in [4.78, 5) is 10.4. The molecular formula is C18H34O6. The fraction of sp³-hybridized carbons (Fsp3) is 0.944. The van der Waals surface area contributed by atoms with E-state index in [9.17, 15) is 15.0 Å². The molecule has 4 unspecified atom stereocenters. The summed E-state index contributed by atoms with van der Waals surface area (Å²) in [5.41, 5.74) is 0. The minimum Gasteiger partial charge on any atom is -0.481 e. The second-order valence-corrected chi connectivity index (χ2v) is 6.78. The van der Waals surface area contributed by atoms with Crippen LogP contribution in [0, 0.1) is 0 Å². The zero-order valence-corrected chi connectivity index (χ0v) is 14.9. The summed E-state index contributed by atoms with van der Waals surface area (Å²) in [5, 5.41) is 27.9. The van der Waals surface area contributed by atoms with Crippen LogP contribution in [-0.4, -0.2) is 52.5 Å². The summed E-state index contributed by atoms with van der Waals surface area (Å²) < 4.78 is 11.0. The van der Waals surface area contributed by atoms with Crippen LogP contribution in [0.15, 0.2) is 0 Å². The topological polar surface area (TPSA) is 96.2 Å². The highest BCUT2D eigenvalue weighted by atomic mass is 16.7. The summed E-state index contributed by atoms with van der Waals surface area (Å²) in [5.74, 6) is -0.700. The number of carboxylic acids is 1. The first-order valence-electron chi connectivity index (χ1n) is 9.35. The van der Waals surface area contributed by atoms with Crippen molar-refractivity contribution in [3.05, 3.63) is 0 Å². The maximum atomic E-state index is 10.4. The van der Waals surface area contributed by atoms with E-state index in [1.807, 2.05) is 0 Å². The molecule has 3 N–H and O–H groups in total. The van der Waals surface area contributed by atoms with Crippen LogP contribution in [0.3, 0.4) is 0 Å². The molecule has 0 bridgehead atoms. The van der Waals surface area contributed by atoms with Gasteiger partial charge in [0.1, 0.15) is 6.10 Å². The second kappa shape index (κ2) is 12.6. The van der Waals surface area contributed by atoms with Gasteiger partial charge < -0.3 is 24.8 Å². The first kappa shape index (κ1) is 21.4. The van der Waals surface area contributed by atoms with E-state index in [0.717, 1.165) is 32.1 Å². The largest absolute Gasteiger partial charge is 0.481 e. The lowest BCUT2D eigenvalue weighted by Crippen LogP contribution is -2.47. The number of rotatable bonds is 13. The third kappa shape index (κ3) is 9.57. The lowest BCUT2D eigenvalue weighted by atomic mass is 10.0. The van der Waals surface area contributed by atoms with Gasteiger partial charge >= 0.3 is 5.97 Å². The maximum Gasteiger partial charge on any atom is 0.303 e. The number of hydrogen-bond acceptors (Lipinski definition) is 5. The van der Waals surface area contributed by atoms with Crippen molar-refractivity contribution in [1.29, 1.82) is 0 Å². The van der Waals surface area contributed by atoms with Crippen molar-refractivity contribution < 1.29 is 29.6 Å². The van der Waals surface area contributed by atoms with Gasteiger partial charge in [0, 0.05) is 19.4 Å². The number of ether oxygens (including phenoxy) is 2. The second-order valence-electron chi connectivity index (χ2n) is 6.78. The van der Waals surface area contributed by atoms with Crippen molar-refractivity contribution in [3.8, 4) is 0 Å². The summed E-state index contributed by atoms with van der Waals surface area (Å²) in [6.45, 7) is 2.36. The fourth-order valence-electron chi connectivity index (χ4n) is 2.91. The number of unbranched alkanes of at least 4 members (excludes halogenated alkanes) is 8. The standard InChI is InChI=1S/C18H34O6/c1-14-15(19)13-16(20)18(24-14)23-12-10-8-6-4-2-3-5-7-9-11-17(21)22/h14-16,18-20H,2-13H2,1H3,(H,21,22). The van der Waals surface area contributed by atoms with Crippen molar-refractivity contribution in [2.24, 2.45) is 0 Å². The molecule has 1 aliphatic rings. The molecule has 0 aliphatic carbocycles. The lowest BCUT2D eigenvalue weighted by Gasteiger charge is -2.35. The van der Waals surface area contributed by atoms with Crippen molar-refractivity contribution in [1.82, 2.24) is 0 Å². The van der Waals surface area contributed by atoms with Crippen LogP contribution < -0.4 is 0 Å². The Balaban J connectivity index is 1.86. The van der Waals surface area contributed by atoms with Gasteiger partial charge in [-0.1, -0.05) is 44.9 Å². The van der Waals surface area contributed by atoms with Gasteiger partial charge in [0.15, 0.2) is 6.29 Å². The highest BCUT2D eigenvalue weighted by Crippen LogP contribution is 2.21. The van der Waals surface area contributed by atoms with Gasteiger partial charge in [0.25, 0.3) is 0 Å². The SMILES string of the molecule is CC1OC(OCCCCCCCCCCCC(=O)O)C(O)CC1O. The van der Waals surface area contributed by atoms with Crippen LogP contribution in [-0.2, 0) is 14.3 Å². The molecule has 4 atom stereocenters. The summed E-state index contributed by atoms with van der Waals surface area (Å²) in [6.07, 6.45) is 8.02. The third-order valence-electron chi connectivity index (χ3n) is 4.50. The molecule has 6 nitrogen and oxygen atoms in total.